The van der Waals surface area contributed by atoms with Crippen LogP contribution in [0, 0.1) is 11.6 Å². The van der Waals surface area contributed by atoms with Crippen molar-refractivity contribution >= 4 is 11.9 Å². The van der Waals surface area contributed by atoms with Crippen molar-refractivity contribution in [2.45, 2.75) is 25.7 Å². The zero-order valence-electron chi connectivity index (χ0n) is 17.2. The second kappa shape index (κ2) is 10.5. The number of hydrogen-bond acceptors (Lipinski definition) is 3. The van der Waals surface area contributed by atoms with Crippen molar-refractivity contribution in [1.29, 1.82) is 0 Å². The number of guanidine groups is 1. The van der Waals surface area contributed by atoms with Crippen LogP contribution in [0.5, 0.6) is 0 Å². The number of carbonyl (C=O) groups excluding carboxylic acids is 1. The molecule has 2 heterocycles. The van der Waals surface area contributed by atoms with Gasteiger partial charge in [-0.3, -0.25) is 14.7 Å². The fourth-order valence-electron chi connectivity index (χ4n) is 3.94. The van der Waals surface area contributed by atoms with Crippen LogP contribution in [0.25, 0.3) is 0 Å². The van der Waals surface area contributed by atoms with Crippen LogP contribution in [-0.2, 0) is 11.2 Å². The number of carbonyl (C=O) groups is 1. The van der Waals surface area contributed by atoms with Gasteiger partial charge in [0, 0.05) is 52.9 Å². The Bertz CT molecular complexity index is 713. The van der Waals surface area contributed by atoms with E-state index in [0.717, 1.165) is 64.1 Å². The monoisotopic (exact) mass is 407 g/mol. The predicted molar refractivity (Wildman–Crippen MR) is 110 cm³/mol. The molecule has 0 atom stereocenters. The number of rotatable bonds is 5. The van der Waals surface area contributed by atoms with Gasteiger partial charge in [0.15, 0.2) is 17.6 Å². The van der Waals surface area contributed by atoms with Crippen molar-refractivity contribution < 1.29 is 13.6 Å². The molecule has 29 heavy (non-hydrogen) atoms. The number of likely N-dealkylation sites (tertiary alicyclic amines) is 1. The zero-order valence-corrected chi connectivity index (χ0v) is 17.2. The van der Waals surface area contributed by atoms with Gasteiger partial charge in [-0.2, -0.15) is 0 Å². The molecule has 0 unspecified atom stereocenters. The van der Waals surface area contributed by atoms with Crippen LogP contribution in [0.3, 0.4) is 0 Å². The standard InChI is InChI=1S/C21H31F2N5O/c1-24-21(25-9-8-17-6-5-7-18(22)20(17)23)28-14-12-26(13-15-28)16-19(29)27-10-3-2-4-11-27/h5-7H,2-4,8-16H2,1H3,(H,24,25). The lowest BCUT2D eigenvalue weighted by Gasteiger charge is -2.37. The average molecular weight is 408 g/mol. The summed E-state index contributed by atoms with van der Waals surface area (Å²) in [7, 11) is 1.72. The fourth-order valence-corrected chi connectivity index (χ4v) is 3.94. The number of piperidine rings is 1. The summed E-state index contributed by atoms with van der Waals surface area (Å²) in [6.07, 6.45) is 3.83. The van der Waals surface area contributed by atoms with Gasteiger partial charge >= 0.3 is 0 Å². The Labute approximate surface area is 171 Å². The maximum absolute atomic E-state index is 13.8. The molecule has 0 saturated carbocycles. The Balaban J connectivity index is 1.41. The molecule has 0 aliphatic carbocycles. The first-order chi connectivity index (χ1) is 14.1. The highest BCUT2D eigenvalue weighted by Gasteiger charge is 2.24. The Morgan fingerprint density at radius 2 is 1.76 bits per heavy atom. The van der Waals surface area contributed by atoms with Crippen LogP contribution in [0.4, 0.5) is 8.78 Å². The topological polar surface area (TPSA) is 51.2 Å². The number of nitrogens with zero attached hydrogens (tertiary/aromatic N) is 4. The Morgan fingerprint density at radius 3 is 2.45 bits per heavy atom. The first-order valence-corrected chi connectivity index (χ1v) is 10.5. The summed E-state index contributed by atoms with van der Waals surface area (Å²) in [6.45, 7) is 5.90. The number of nitrogens with one attached hydrogen (secondary N) is 1. The summed E-state index contributed by atoms with van der Waals surface area (Å²) in [6, 6.07) is 4.24. The van der Waals surface area contributed by atoms with Gasteiger partial charge in [0.2, 0.25) is 5.91 Å². The van der Waals surface area contributed by atoms with Crippen molar-refractivity contribution in [2.75, 3.05) is 59.4 Å². The van der Waals surface area contributed by atoms with Gasteiger partial charge in [-0.15, -0.1) is 0 Å². The SMILES string of the molecule is CN=C(NCCc1cccc(F)c1F)N1CCN(CC(=O)N2CCCCC2)CC1. The second-order valence-electron chi connectivity index (χ2n) is 7.64. The smallest absolute Gasteiger partial charge is 0.236 e. The molecule has 0 spiro atoms. The maximum Gasteiger partial charge on any atom is 0.236 e. The lowest BCUT2D eigenvalue weighted by atomic mass is 10.1. The second-order valence-corrected chi connectivity index (χ2v) is 7.64. The molecule has 6 nitrogen and oxygen atoms in total. The highest BCUT2D eigenvalue weighted by molar-refractivity contribution is 5.80. The maximum atomic E-state index is 13.8. The molecule has 2 aliphatic heterocycles. The van der Waals surface area contributed by atoms with E-state index in [1.807, 2.05) is 4.90 Å². The number of hydrogen-bond donors (Lipinski definition) is 1. The van der Waals surface area contributed by atoms with E-state index in [2.05, 4.69) is 20.1 Å². The third-order valence-corrected chi connectivity index (χ3v) is 5.66. The van der Waals surface area contributed by atoms with Crippen molar-refractivity contribution in [3.63, 3.8) is 0 Å². The number of amides is 1. The molecule has 0 radical (unpaired) electrons. The van der Waals surface area contributed by atoms with Crippen LogP contribution in [-0.4, -0.2) is 86.0 Å². The lowest BCUT2D eigenvalue weighted by Crippen LogP contribution is -2.54. The van der Waals surface area contributed by atoms with E-state index in [-0.39, 0.29) is 5.91 Å². The van der Waals surface area contributed by atoms with Gasteiger partial charge in [-0.1, -0.05) is 12.1 Å². The Kier molecular flexibility index (Phi) is 7.80. The number of halogens is 2. The summed E-state index contributed by atoms with van der Waals surface area (Å²) in [5, 5.41) is 3.23. The molecule has 0 aromatic heterocycles. The number of piperazine rings is 1. The summed E-state index contributed by atoms with van der Waals surface area (Å²) in [4.78, 5) is 23.1. The molecule has 2 saturated heterocycles. The highest BCUT2D eigenvalue weighted by atomic mass is 19.2. The molecule has 8 heteroatoms. The molecule has 1 aromatic carbocycles. The van der Waals surface area contributed by atoms with Crippen LogP contribution >= 0.6 is 0 Å². The van der Waals surface area contributed by atoms with Crippen molar-refractivity contribution in [1.82, 2.24) is 20.0 Å². The van der Waals surface area contributed by atoms with Gasteiger partial charge in [0.1, 0.15) is 0 Å². The molecule has 2 aliphatic rings. The molecule has 160 valence electrons. The van der Waals surface area contributed by atoms with Crippen molar-refractivity contribution in [2.24, 2.45) is 4.99 Å². The van der Waals surface area contributed by atoms with Gasteiger partial charge in [0.25, 0.3) is 0 Å². The van der Waals surface area contributed by atoms with E-state index in [1.54, 1.807) is 13.1 Å². The minimum Gasteiger partial charge on any atom is -0.356 e. The van der Waals surface area contributed by atoms with Gasteiger partial charge in [0.05, 0.1) is 6.54 Å². The van der Waals surface area contributed by atoms with E-state index in [4.69, 9.17) is 0 Å². The predicted octanol–water partition coefficient (Wildman–Crippen LogP) is 1.71. The van der Waals surface area contributed by atoms with Gasteiger partial charge < -0.3 is 15.1 Å². The number of aliphatic imine (C=N–C) groups is 1. The van der Waals surface area contributed by atoms with Crippen LogP contribution in [0.15, 0.2) is 23.2 Å². The zero-order chi connectivity index (χ0) is 20.6. The molecule has 3 rings (SSSR count). The van der Waals surface area contributed by atoms with Crippen molar-refractivity contribution in [3.05, 3.63) is 35.4 Å². The van der Waals surface area contributed by atoms with Gasteiger partial charge in [-0.05, 0) is 37.3 Å². The molecule has 1 N–H and O–H groups in total. The van der Waals surface area contributed by atoms with Crippen LogP contribution < -0.4 is 5.32 Å². The van der Waals surface area contributed by atoms with Crippen LogP contribution in [0.2, 0.25) is 0 Å². The van der Waals surface area contributed by atoms with E-state index in [9.17, 15) is 13.6 Å². The summed E-state index contributed by atoms with van der Waals surface area (Å²) < 4.78 is 27.1. The normalized spacial score (nSPS) is 18.8. The summed E-state index contributed by atoms with van der Waals surface area (Å²) in [5.41, 5.74) is 0.356. The minimum absolute atomic E-state index is 0.234. The summed E-state index contributed by atoms with van der Waals surface area (Å²) in [5.74, 6) is -0.611. The molecule has 1 amide bonds. The molecular formula is C21H31F2N5O. The lowest BCUT2D eigenvalue weighted by molar-refractivity contribution is -0.133. The van der Waals surface area contributed by atoms with E-state index in [0.29, 0.717) is 25.1 Å². The van der Waals surface area contributed by atoms with E-state index in [1.165, 1.54) is 12.5 Å². The highest BCUT2D eigenvalue weighted by Crippen LogP contribution is 2.12. The third-order valence-electron chi connectivity index (χ3n) is 5.66. The quantitative estimate of drug-likeness (QED) is 0.597. The Morgan fingerprint density at radius 1 is 1.03 bits per heavy atom. The fraction of sp³-hybridized carbons (Fsp3) is 0.619. The largest absolute Gasteiger partial charge is 0.356 e. The molecule has 1 aromatic rings. The minimum atomic E-state index is -0.817. The first kappa shape index (κ1) is 21.5. The molecule has 2 fully saturated rings. The summed E-state index contributed by atoms with van der Waals surface area (Å²) >= 11 is 0. The van der Waals surface area contributed by atoms with E-state index >= 15 is 0 Å². The molecule has 0 bridgehead atoms. The van der Waals surface area contributed by atoms with Crippen molar-refractivity contribution in [3.8, 4) is 0 Å². The Hall–Kier alpha value is -2.22. The van der Waals surface area contributed by atoms with Crippen LogP contribution in [0.1, 0.15) is 24.8 Å². The first-order valence-electron chi connectivity index (χ1n) is 10.5. The molecular weight excluding hydrogens is 376 g/mol. The number of benzene rings is 1. The van der Waals surface area contributed by atoms with Gasteiger partial charge in [-0.25, -0.2) is 8.78 Å². The van der Waals surface area contributed by atoms with E-state index < -0.39 is 11.6 Å². The third kappa shape index (κ3) is 5.88. The average Bonchev–Trinajstić information content (AvgIpc) is 2.75.